The number of halogens is 2. The average molecular weight is 427 g/mol. The van der Waals surface area contributed by atoms with Gasteiger partial charge in [0.2, 0.25) is 0 Å². The van der Waals surface area contributed by atoms with Gasteiger partial charge in [0.05, 0.1) is 15.6 Å². The molecular formula is C18H16Cl2N2O6. The SMILES string of the molecule is Cc1ccc([N+](=O)[O-])cc1NC(=O)COC(=O)C(C)Oc1ccc(Cl)cc1Cl. The molecule has 0 bridgehead atoms. The Bertz CT molecular complexity index is 919. The number of ether oxygens (including phenoxy) is 2. The number of nitrogens with one attached hydrogen (secondary N) is 1. The molecule has 0 aliphatic heterocycles. The number of amides is 1. The van der Waals surface area contributed by atoms with E-state index in [0.717, 1.165) is 0 Å². The summed E-state index contributed by atoms with van der Waals surface area (Å²) in [5.74, 6) is -1.18. The van der Waals surface area contributed by atoms with E-state index in [1.54, 1.807) is 13.0 Å². The van der Waals surface area contributed by atoms with Gasteiger partial charge in [0, 0.05) is 17.2 Å². The van der Waals surface area contributed by atoms with Crippen molar-refractivity contribution in [3.8, 4) is 5.75 Å². The third kappa shape index (κ3) is 5.83. The van der Waals surface area contributed by atoms with Crippen LogP contribution in [0.2, 0.25) is 10.0 Å². The summed E-state index contributed by atoms with van der Waals surface area (Å²) < 4.78 is 10.3. The Morgan fingerprint density at radius 3 is 2.57 bits per heavy atom. The van der Waals surface area contributed by atoms with Crippen LogP contribution in [0.25, 0.3) is 0 Å². The molecule has 1 N–H and O–H groups in total. The van der Waals surface area contributed by atoms with Crippen molar-refractivity contribution in [3.63, 3.8) is 0 Å². The molecule has 0 aliphatic rings. The maximum Gasteiger partial charge on any atom is 0.347 e. The van der Waals surface area contributed by atoms with E-state index in [1.165, 1.54) is 37.3 Å². The molecule has 2 aromatic rings. The van der Waals surface area contributed by atoms with Gasteiger partial charge in [-0.25, -0.2) is 4.79 Å². The van der Waals surface area contributed by atoms with Crippen molar-refractivity contribution in [2.45, 2.75) is 20.0 Å². The topological polar surface area (TPSA) is 108 Å². The van der Waals surface area contributed by atoms with Crippen LogP contribution in [0.4, 0.5) is 11.4 Å². The van der Waals surface area contributed by atoms with E-state index in [0.29, 0.717) is 10.6 Å². The minimum Gasteiger partial charge on any atom is -0.477 e. The van der Waals surface area contributed by atoms with E-state index in [2.05, 4.69) is 5.32 Å². The van der Waals surface area contributed by atoms with E-state index in [1.807, 2.05) is 0 Å². The van der Waals surface area contributed by atoms with E-state index < -0.39 is 29.5 Å². The van der Waals surface area contributed by atoms with Gasteiger partial charge in [0.1, 0.15) is 5.75 Å². The van der Waals surface area contributed by atoms with Crippen molar-refractivity contribution in [3.05, 3.63) is 62.1 Å². The summed E-state index contributed by atoms with van der Waals surface area (Å²) in [4.78, 5) is 34.2. The Balaban J connectivity index is 1.90. The highest BCUT2D eigenvalue weighted by Crippen LogP contribution is 2.28. The first kappa shape index (κ1) is 21.5. The molecule has 0 radical (unpaired) electrons. The molecule has 0 aromatic heterocycles. The highest BCUT2D eigenvalue weighted by atomic mass is 35.5. The van der Waals surface area contributed by atoms with Crippen LogP contribution in [-0.4, -0.2) is 29.5 Å². The lowest BCUT2D eigenvalue weighted by Crippen LogP contribution is -2.30. The van der Waals surface area contributed by atoms with Crippen molar-refractivity contribution in [1.82, 2.24) is 0 Å². The summed E-state index contributed by atoms with van der Waals surface area (Å²) in [7, 11) is 0. The number of carbonyl (C=O) groups excluding carboxylic acids is 2. The molecule has 1 atom stereocenters. The van der Waals surface area contributed by atoms with Crippen molar-refractivity contribution < 1.29 is 24.0 Å². The van der Waals surface area contributed by atoms with Gasteiger partial charge >= 0.3 is 5.97 Å². The number of aryl methyl sites for hydroxylation is 1. The zero-order chi connectivity index (χ0) is 20.8. The number of nitrogens with zero attached hydrogens (tertiary/aromatic N) is 1. The highest BCUT2D eigenvalue weighted by Gasteiger charge is 2.19. The molecule has 0 fully saturated rings. The number of hydrogen-bond donors (Lipinski definition) is 1. The van der Waals surface area contributed by atoms with Gasteiger partial charge in [-0.1, -0.05) is 29.3 Å². The fraction of sp³-hybridized carbons (Fsp3) is 0.222. The van der Waals surface area contributed by atoms with Crippen LogP contribution in [0.1, 0.15) is 12.5 Å². The van der Waals surface area contributed by atoms with Crippen molar-refractivity contribution >= 4 is 46.5 Å². The van der Waals surface area contributed by atoms with E-state index >= 15 is 0 Å². The molecule has 28 heavy (non-hydrogen) atoms. The Morgan fingerprint density at radius 1 is 1.21 bits per heavy atom. The predicted molar refractivity (Wildman–Crippen MR) is 104 cm³/mol. The third-order valence-electron chi connectivity index (χ3n) is 3.58. The van der Waals surface area contributed by atoms with Crippen LogP contribution >= 0.6 is 23.2 Å². The van der Waals surface area contributed by atoms with E-state index in [9.17, 15) is 19.7 Å². The standard InChI is InChI=1S/C18H16Cl2N2O6/c1-10-3-5-13(22(25)26)8-15(10)21-17(23)9-27-18(24)11(2)28-16-6-4-12(19)7-14(16)20/h3-8,11H,9H2,1-2H3,(H,21,23). The Kier molecular flexibility index (Phi) is 7.19. The van der Waals surface area contributed by atoms with Gasteiger partial charge < -0.3 is 14.8 Å². The number of esters is 1. The number of hydrogen-bond acceptors (Lipinski definition) is 6. The number of nitro benzene ring substituents is 1. The van der Waals surface area contributed by atoms with Crippen molar-refractivity contribution in [2.75, 3.05) is 11.9 Å². The summed E-state index contributed by atoms with van der Waals surface area (Å²) in [5, 5.41) is 13.9. The lowest BCUT2D eigenvalue weighted by molar-refractivity contribution is -0.384. The average Bonchev–Trinajstić information content (AvgIpc) is 2.63. The molecule has 1 amide bonds. The maximum atomic E-state index is 12.0. The molecule has 0 heterocycles. The number of benzene rings is 2. The number of carbonyl (C=O) groups is 2. The molecule has 8 nitrogen and oxygen atoms in total. The monoisotopic (exact) mass is 426 g/mol. The second-order valence-corrected chi connectivity index (χ2v) is 6.59. The summed E-state index contributed by atoms with van der Waals surface area (Å²) in [6.07, 6.45) is -1.02. The van der Waals surface area contributed by atoms with Crippen LogP contribution < -0.4 is 10.1 Å². The largest absolute Gasteiger partial charge is 0.477 e. The first-order chi connectivity index (χ1) is 13.2. The zero-order valence-corrected chi connectivity index (χ0v) is 16.4. The number of non-ortho nitro benzene ring substituents is 1. The molecule has 2 rings (SSSR count). The van der Waals surface area contributed by atoms with Gasteiger partial charge in [-0.15, -0.1) is 0 Å². The van der Waals surface area contributed by atoms with Crippen molar-refractivity contribution in [1.29, 1.82) is 0 Å². The van der Waals surface area contributed by atoms with Crippen LogP contribution in [0.15, 0.2) is 36.4 Å². The summed E-state index contributed by atoms with van der Waals surface area (Å²) in [5.41, 5.74) is 0.714. The highest BCUT2D eigenvalue weighted by molar-refractivity contribution is 6.35. The summed E-state index contributed by atoms with van der Waals surface area (Å²) >= 11 is 11.8. The predicted octanol–water partition coefficient (Wildman–Crippen LogP) is 4.16. The second-order valence-electron chi connectivity index (χ2n) is 5.75. The molecule has 0 saturated heterocycles. The molecule has 10 heteroatoms. The first-order valence-corrected chi connectivity index (χ1v) is 8.76. The molecule has 0 spiro atoms. The van der Waals surface area contributed by atoms with Crippen LogP contribution in [0.3, 0.4) is 0 Å². The Hall–Kier alpha value is -2.84. The number of anilines is 1. The fourth-order valence-corrected chi connectivity index (χ4v) is 2.56. The van der Waals surface area contributed by atoms with E-state index in [4.69, 9.17) is 32.7 Å². The normalized spacial score (nSPS) is 11.4. The van der Waals surface area contributed by atoms with Crippen LogP contribution in [-0.2, 0) is 14.3 Å². The van der Waals surface area contributed by atoms with Crippen LogP contribution in [0.5, 0.6) is 5.75 Å². The fourth-order valence-electron chi connectivity index (χ4n) is 2.11. The molecule has 1 unspecified atom stereocenters. The minimum absolute atomic E-state index is 0.167. The molecule has 148 valence electrons. The lowest BCUT2D eigenvalue weighted by atomic mass is 10.2. The first-order valence-electron chi connectivity index (χ1n) is 8.00. The Labute approximate surface area is 170 Å². The number of nitro groups is 1. The zero-order valence-electron chi connectivity index (χ0n) is 14.9. The minimum atomic E-state index is -1.02. The molecule has 2 aromatic carbocycles. The van der Waals surface area contributed by atoms with Gasteiger partial charge in [-0.05, 0) is 37.6 Å². The smallest absolute Gasteiger partial charge is 0.347 e. The lowest BCUT2D eigenvalue weighted by Gasteiger charge is -2.15. The molecule has 0 saturated carbocycles. The van der Waals surface area contributed by atoms with Gasteiger partial charge in [0.15, 0.2) is 12.7 Å². The van der Waals surface area contributed by atoms with Crippen LogP contribution in [0, 0.1) is 17.0 Å². The van der Waals surface area contributed by atoms with Crippen molar-refractivity contribution in [2.24, 2.45) is 0 Å². The quantitative estimate of drug-likeness (QED) is 0.404. The molecular weight excluding hydrogens is 411 g/mol. The van der Waals surface area contributed by atoms with Gasteiger partial charge in [-0.2, -0.15) is 0 Å². The molecule has 0 aliphatic carbocycles. The van der Waals surface area contributed by atoms with Gasteiger partial charge in [0.25, 0.3) is 11.6 Å². The summed E-state index contributed by atoms with van der Waals surface area (Å²) in [6.45, 7) is 2.54. The number of rotatable bonds is 7. The Morgan fingerprint density at radius 2 is 1.93 bits per heavy atom. The van der Waals surface area contributed by atoms with Gasteiger partial charge in [-0.3, -0.25) is 14.9 Å². The maximum absolute atomic E-state index is 12.0. The second kappa shape index (κ2) is 9.38. The summed E-state index contributed by atoms with van der Waals surface area (Å²) in [6, 6.07) is 8.58. The third-order valence-corrected chi connectivity index (χ3v) is 4.11. The van der Waals surface area contributed by atoms with E-state index in [-0.39, 0.29) is 22.1 Å².